The average molecular weight is 895 g/mol. The van der Waals surface area contributed by atoms with Crippen LogP contribution in [-0.2, 0) is 4.74 Å². The number of aromatic carboxylic acids is 1. The van der Waals surface area contributed by atoms with E-state index in [0.29, 0.717) is 49.9 Å². The molecule has 2 aromatic carbocycles. The molecule has 18 heteroatoms. The van der Waals surface area contributed by atoms with E-state index in [1.165, 1.54) is 41.9 Å². The molecule has 10 rings (SSSR count). The molecular formula is C48H50N10O8. The van der Waals surface area contributed by atoms with Gasteiger partial charge in [0.2, 0.25) is 0 Å². The van der Waals surface area contributed by atoms with Crippen LogP contribution in [0.15, 0.2) is 110 Å². The van der Waals surface area contributed by atoms with Gasteiger partial charge in [-0.2, -0.15) is 19.6 Å². The Kier molecular flexibility index (Phi) is 12.3. The minimum atomic E-state index is -1.14. The first-order chi connectivity index (χ1) is 31.8. The summed E-state index contributed by atoms with van der Waals surface area (Å²) in [7, 11) is 0. The van der Waals surface area contributed by atoms with Crippen molar-refractivity contribution in [1.29, 1.82) is 0 Å². The Labute approximate surface area is 380 Å². The standard InChI is InChI=1S/C26H29N5O4.C22H21N5O4/c1-26(2,3)35-24(32)23-8-10-31(29-23)25(33)30-14-18-12-21(13-19(18)15-30)34-20-6-4-5-17(11-20)22-7-9-27-16-28-22;28-21(29)20-5-7-27(25-20)22(30)26-11-15-9-18(10-16(15)12-26)31-17-3-1-2-14(8-17)19-4-6-23-13-24-19/h4-11,16,18-19,21H,12-15H2,1-3H3;1-8,13,15-16,18H,9-12H2,(H,28,29)/t18-,19+,21?;15-,16+,18?. The van der Waals surface area contributed by atoms with E-state index in [-0.39, 0.29) is 35.7 Å². The summed E-state index contributed by atoms with van der Waals surface area (Å²) < 4.78 is 20.2. The molecule has 2 amide bonds. The van der Waals surface area contributed by atoms with Crippen molar-refractivity contribution in [3.05, 3.63) is 122 Å². The lowest BCUT2D eigenvalue weighted by Gasteiger charge is -2.20. The lowest BCUT2D eigenvalue weighted by Crippen LogP contribution is -2.35. The molecule has 4 aliphatic rings. The fourth-order valence-electron chi connectivity index (χ4n) is 9.46. The molecule has 18 nitrogen and oxygen atoms in total. The number of carbonyl (C=O) groups excluding carboxylic acids is 3. The molecule has 0 spiro atoms. The number of hydrogen-bond acceptors (Lipinski definition) is 13. The molecule has 6 aromatic rings. The van der Waals surface area contributed by atoms with E-state index < -0.39 is 17.5 Å². The number of amides is 2. The zero-order valence-corrected chi connectivity index (χ0v) is 36.8. The van der Waals surface area contributed by atoms with Crippen molar-refractivity contribution >= 4 is 24.0 Å². The van der Waals surface area contributed by atoms with Gasteiger partial charge in [0.25, 0.3) is 0 Å². The number of rotatable bonds is 8. The Morgan fingerprint density at radius 2 is 1.05 bits per heavy atom. The maximum Gasteiger partial charge on any atom is 0.359 e. The van der Waals surface area contributed by atoms with Crippen LogP contribution in [-0.4, -0.2) is 122 Å². The predicted molar refractivity (Wildman–Crippen MR) is 238 cm³/mol. The first-order valence-corrected chi connectivity index (χ1v) is 22.0. The number of nitrogens with zero attached hydrogens (tertiary/aromatic N) is 10. The monoisotopic (exact) mass is 894 g/mol. The van der Waals surface area contributed by atoms with Crippen LogP contribution in [0.25, 0.3) is 22.5 Å². The summed E-state index contributed by atoms with van der Waals surface area (Å²) >= 11 is 0. The Morgan fingerprint density at radius 3 is 1.44 bits per heavy atom. The largest absolute Gasteiger partial charge is 0.490 e. The molecule has 6 heterocycles. The van der Waals surface area contributed by atoms with Crippen molar-refractivity contribution in [3.8, 4) is 34.0 Å². The Hall–Kier alpha value is -7.50. The summed E-state index contributed by atoms with van der Waals surface area (Å²) in [6, 6.07) is 21.9. The molecule has 66 heavy (non-hydrogen) atoms. The van der Waals surface area contributed by atoms with E-state index in [2.05, 4.69) is 30.1 Å². The van der Waals surface area contributed by atoms with Crippen molar-refractivity contribution in [2.75, 3.05) is 26.2 Å². The maximum absolute atomic E-state index is 13.0. The van der Waals surface area contributed by atoms with Crippen LogP contribution in [0.4, 0.5) is 9.59 Å². The number of likely N-dealkylation sites (tertiary alicyclic amines) is 2. The highest BCUT2D eigenvalue weighted by Crippen LogP contribution is 2.42. The summed E-state index contributed by atoms with van der Waals surface area (Å²) in [5.74, 6) is 1.46. The molecule has 2 saturated heterocycles. The highest BCUT2D eigenvalue weighted by atomic mass is 16.6. The zero-order chi connectivity index (χ0) is 46.0. The number of carbonyl (C=O) groups is 4. The summed E-state index contributed by atoms with van der Waals surface area (Å²) in [5, 5.41) is 17.0. The van der Waals surface area contributed by atoms with Gasteiger partial charge in [-0.25, -0.2) is 39.1 Å². The third kappa shape index (κ3) is 10.1. The summed E-state index contributed by atoms with van der Waals surface area (Å²) in [4.78, 5) is 68.9. The highest BCUT2D eigenvalue weighted by molar-refractivity contribution is 5.88. The van der Waals surface area contributed by atoms with Crippen molar-refractivity contribution < 1.29 is 38.5 Å². The van der Waals surface area contributed by atoms with Gasteiger partial charge in [0.05, 0.1) is 23.6 Å². The number of fused-ring (bicyclic) bond motifs is 2. The average Bonchev–Trinajstić information content (AvgIpc) is 4.17. The molecule has 4 aromatic heterocycles. The first kappa shape index (κ1) is 43.7. The summed E-state index contributed by atoms with van der Waals surface area (Å²) in [6.07, 6.45) is 13.2. The number of hydrogen-bond donors (Lipinski definition) is 1. The minimum Gasteiger partial charge on any atom is -0.490 e. The number of aromatic nitrogens is 8. The number of benzene rings is 2. The lowest BCUT2D eigenvalue weighted by molar-refractivity contribution is 0.00620. The van der Waals surface area contributed by atoms with Gasteiger partial charge in [0.1, 0.15) is 29.8 Å². The van der Waals surface area contributed by atoms with Crippen LogP contribution in [0, 0.1) is 23.7 Å². The van der Waals surface area contributed by atoms with Gasteiger partial charge in [0, 0.05) is 62.1 Å². The van der Waals surface area contributed by atoms with Gasteiger partial charge in [-0.05, 0) is 119 Å². The van der Waals surface area contributed by atoms with Gasteiger partial charge in [-0.15, -0.1) is 0 Å². The van der Waals surface area contributed by atoms with E-state index in [1.54, 1.807) is 38.1 Å². The van der Waals surface area contributed by atoms with Crippen LogP contribution in [0.2, 0.25) is 0 Å². The first-order valence-electron chi connectivity index (χ1n) is 22.0. The quantitative estimate of drug-likeness (QED) is 0.155. The number of ether oxygens (including phenoxy) is 3. The molecular weight excluding hydrogens is 845 g/mol. The van der Waals surface area contributed by atoms with Gasteiger partial charge in [-0.3, -0.25) is 0 Å². The molecule has 0 bridgehead atoms. The minimum absolute atomic E-state index is 0.108. The Morgan fingerprint density at radius 1 is 0.606 bits per heavy atom. The fourth-order valence-corrected chi connectivity index (χ4v) is 9.46. The molecule has 340 valence electrons. The van der Waals surface area contributed by atoms with Crippen molar-refractivity contribution in [2.45, 2.75) is 64.3 Å². The van der Waals surface area contributed by atoms with Crippen LogP contribution in [0.3, 0.4) is 0 Å². The Balaban J connectivity index is 0.000000167. The summed E-state index contributed by atoms with van der Waals surface area (Å²) in [6.45, 7) is 7.96. The molecule has 4 fully saturated rings. The lowest BCUT2D eigenvalue weighted by atomic mass is 10.0. The third-order valence-corrected chi connectivity index (χ3v) is 12.4. The van der Waals surface area contributed by atoms with Crippen molar-refractivity contribution in [2.24, 2.45) is 23.7 Å². The van der Waals surface area contributed by atoms with E-state index in [1.807, 2.05) is 65.6 Å². The second-order valence-corrected chi connectivity index (χ2v) is 18.2. The van der Waals surface area contributed by atoms with Gasteiger partial charge >= 0.3 is 24.0 Å². The van der Waals surface area contributed by atoms with Gasteiger partial charge in [-0.1, -0.05) is 24.3 Å². The van der Waals surface area contributed by atoms with Crippen LogP contribution >= 0.6 is 0 Å². The zero-order valence-electron chi connectivity index (χ0n) is 36.8. The fraction of sp³-hybridized carbons (Fsp3) is 0.375. The highest BCUT2D eigenvalue weighted by Gasteiger charge is 2.45. The van der Waals surface area contributed by atoms with E-state index in [9.17, 15) is 19.2 Å². The second-order valence-electron chi connectivity index (χ2n) is 18.2. The van der Waals surface area contributed by atoms with Crippen LogP contribution in [0.1, 0.15) is 67.4 Å². The van der Waals surface area contributed by atoms with Crippen molar-refractivity contribution in [3.63, 3.8) is 0 Å². The van der Waals surface area contributed by atoms with Crippen LogP contribution in [0.5, 0.6) is 11.5 Å². The molecule has 2 aliphatic heterocycles. The molecule has 2 aliphatic carbocycles. The maximum atomic E-state index is 13.0. The van der Waals surface area contributed by atoms with E-state index >= 15 is 0 Å². The smallest absolute Gasteiger partial charge is 0.359 e. The Bertz CT molecular complexity index is 2680. The molecule has 0 radical (unpaired) electrons. The molecule has 2 saturated carbocycles. The van der Waals surface area contributed by atoms with E-state index in [4.69, 9.17) is 19.3 Å². The SMILES string of the molecule is CC(C)(C)OC(=O)c1ccn(C(=O)N2C[C@H]3CC(Oc4cccc(-c5ccncn5)c4)C[C@H]3C2)n1.O=C(O)c1ccn(C(=O)N2C[C@H]3CC(Oc4cccc(-c5ccncn5)c4)C[C@H]3C2)n1. The molecule has 6 atom stereocenters. The predicted octanol–water partition coefficient (Wildman–Crippen LogP) is 6.85. The summed E-state index contributed by atoms with van der Waals surface area (Å²) in [5.41, 5.74) is 3.06. The van der Waals surface area contributed by atoms with Gasteiger partial charge in [0.15, 0.2) is 11.4 Å². The van der Waals surface area contributed by atoms with Crippen LogP contribution < -0.4 is 9.47 Å². The molecule has 2 unspecified atom stereocenters. The van der Waals surface area contributed by atoms with E-state index in [0.717, 1.165) is 64.4 Å². The second kappa shape index (κ2) is 18.5. The van der Waals surface area contributed by atoms with Gasteiger partial charge < -0.3 is 29.1 Å². The number of carboxylic acid groups (broad SMARTS) is 1. The number of esters is 1. The van der Waals surface area contributed by atoms with Crippen molar-refractivity contribution in [1.82, 2.24) is 49.3 Å². The normalized spacial score (nSPS) is 21.9. The molecule has 1 N–H and O–H groups in total. The topological polar surface area (TPSA) is 210 Å². The third-order valence-electron chi connectivity index (χ3n) is 12.4. The number of carboxylic acids is 1.